The first-order valence-corrected chi connectivity index (χ1v) is 9.89. The molecular weight excluding hydrogens is 396 g/mol. The highest BCUT2D eigenvalue weighted by Crippen LogP contribution is 2.34. The predicted molar refractivity (Wildman–Crippen MR) is 108 cm³/mol. The second-order valence-electron chi connectivity index (χ2n) is 5.66. The van der Waals surface area contributed by atoms with E-state index in [1.165, 1.54) is 21.4 Å². The fourth-order valence-corrected chi connectivity index (χ4v) is 3.52. The zero-order valence-electron chi connectivity index (χ0n) is 14.4. The first-order chi connectivity index (χ1) is 13.6. The molecule has 0 radical (unpaired) electrons. The maximum Gasteiger partial charge on any atom is 0.355 e. The van der Waals surface area contributed by atoms with Crippen molar-refractivity contribution in [2.24, 2.45) is 5.14 Å². The van der Waals surface area contributed by atoms with E-state index in [4.69, 9.17) is 15.0 Å². The summed E-state index contributed by atoms with van der Waals surface area (Å²) in [6.07, 6.45) is 1.69. The number of rotatable bonds is 6. The third kappa shape index (κ3) is 3.77. The van der Waals surface area contributed by atoms with Crippen molar-refractivity contribution in [1.82, 2.24) is 14.8 Å². The van der Waals surface area contributed by atoms with Crippen molar-refractivity contribution in [3.05, 3.63) is 71.9 Å². The summed E-state index contributed by atoms with van der Waals surface area (Å²) in [5.74, 6) is 0.0959. The van der Waals surface area contributed by atoms with Gasteiger partial charge in [-0.2, -0.15) is 5.10 Å². The quantitative estimate of drug-likeness (QED) is 0.453. The van der Waals surface area contributed by atoms with Gasteiger partial charge in [0.15, 0.2) is 11.4 Å². The van der Waals surface area contributed by atoms with Gasteiger partial charge in [-0.05, 0) is 36.2 Å². The summed E-state index contributed by atoms with van der Waals surface area (Å²) in [6, 6.07) is 17.0. The molecule has 4 rings (SSSR count). The predicted octanol–water partition coefficient (Wildman–Crippen LogP) is 4.45. The van der Waals surface area contributed by atoms with Crippen LogP contribution in [0.4, 0.5) is 0 Å². The van der Waals surface area contributed by atoms with E-state index < -0.39 is 5.97 Å². The molecule has 3 N–H and O–H groups in total. The SMILES string of the molecule is NSc1ccc(Oc2cn(-c3nc(C(=O)O)cs3)nc2-c2ccccc2)cc1. The summed E-state index contributed by atoms with van der Waals surface area (Å²) in [7, 11) is 0. The highest BCUT2D eigenvalue weighted by Gasteiger charge is 2.17. The van der Waals surface area contributed by atoms with E-state index >= 15 is 0 Å². The van der Waals surface area contributed by atoms with Crippen molar-refractivity contribution >= 4 is 29.3 Å². The summed E-state index contributed by atoms with van der Waals surface area (Å²) in [6.45, 7) is 0. The minimum Gasteiger partial charge on any atom is -0.476 e. The number of nitrogens with two attached hydrogens (primary N) is 1. The lowest BCUT2D eigenvalue weighted by molar-refractivity contribution is 0.0691. The Kier molecular flexibility index (Phi) is 5.11. The van der Waals surface area contributed by atoms with Gasteiger partial charge in [0, 0.05) is 15.8 Å². The smallest absolute Gasteiger partial charge is 0.355 e. The third-order valence-electron chi connectivity index (χ3n) is 3.82. The minimum absolute atomic E-state index is 0.0193. The normalized spacial score (nSPS) is 10.8. The van der Waals surface area contributed by atoms with Crippen LogP contribution in [0.3, 0.4) is 0 Å². The van der Waals surface area contributed by atoms with Crippen molar-refractivity contribution in [1.29, 1.82) is 0 Å². The Morgan fingerprint density at radius 2 is 1.89 bits per heavy atom. The largest absolute Gasteiger partial charge is 0.476 e. The highest BCUT2D eigenvalue weighted by atomic mass is 32.2. The molecule has 0 atom stereocenters. The maximum atomic E-state index is 11.1. The zero-order chi connectivity index (χ0) is 19.5. The van der Waals surface area contributed by atoms with E-state index in [0.29, 0.717) is 22.3 Å². The number of carboxylic acid groups (broad SMARTS) is 1. The highest BCUT2D eigenvalue weighted by molar-refractivity contribution is 7.97. The maximum absolute atomic E-state index is 11.1. The number of hydrogen-bond acceptors (Lipinski definition) is 7. The van der Waals surface area contributed by atoms with Crippen LogP contribution in [0.25, 0.3) is 16.4 Å². The van der Waals surface area contributed by atoms with Crippen LogP contribution in [0, 0.1) is 0 Å². The van der Waals surface area contributed by atoms with Crippen LogP contribution in [0.5, 0.6) is 11.5 Å². The number of hydrogen-bond donors (Lipinski definition) is 2. The van der Waals surface area contributed by atoms with Gasteiger partial charge in [0.1, 0.15) is 11.4 Å². The molecule has 0 unspecified atom stereocenters. The first-order valence-electron chi connectivity index (χ1n) is 8.13. The van der Waals surface area contributed by atoms with Crippen LogP contribution in [0.15, 0.2) is 71.1 Å². The molecule has 2 aromatic carbocycles. The summed E-state index contributed by atoms with van der Waals surface area (Å²) < 4.78 is 7.57. The van der Waals surface area contributed by atoms with Gasteiger partial charge in [-0.1, -0.05) is 30.3 Å². The summed E-state index contributed by atoms with van der Waals surface area (Å²) in [4.78, 5) is 16.1. The van der Waals surface area contributed by atoms with Gasteiger partial charge < -0.3 is 9.84 Å². The standard InChI is InChI=1S/C19H14N4O3S2/c20-28-14-8-6-13(7-9-14)26-16-10-23(19-21-15(11-27-19)18(24)25)22-17(16)12-4-2-1-3-5-12/h1-11H,20H2,(H,24,25). The molecule has 0 saturated carbocycles. The van der Waals surface area contributed by atoms with Crippen molar-refractivity contribution in [2.45, 2.75) is 4.90 Å². The fraction of sp³-hybridized carbons (Fsp3) is 0. The van der Waals surface area contributed by atoms with Gasteiger partial charge in [0.2, 0.25) is 5.13 Å². The number of thiazole rings is 1. The number of aromatic carboxylic acids is 1. The average molecular weight is 410 g/mol. The number of ether oxygens (including phenoxy) is 1. The number of nitrogens with zero attached hydrogens (tertiary/aromatic N) is 3. The van der Waals surface area contributed by atoms with E-state index in [1.807, 2.05) is 54.6 Å². The Morgan fingerprint density at radius 1 is 1.14 bits per heavy atom. The molecular formula is C19H14N4O3S2. The van der Waals surface area contributed by atoms with E-state index in [1.54, 1.807) is 6.20 Å². The molecule has 0 saturated heterocycles. The van der Waals surface area contributed by atoms with Crippen molar-refractivity contribution in [3.8, 4) is 27.9 Å². The lowest BCUT2D eigenvalue weighted by atomic mass is 10.1. The van der Waals surface area contributed by atoms with Gasteiger partial charge in [-0.15, -0.1) is 11.3 Å². The van der Waals surface area contributed by atoms with E-state index in [9.17, 15) is 4.79 Å². The first kappa shape index (κ1) is 18.2. The molecule has 140 valence electrons. The van der Waals surface area contributed by atoms with Crippen LogP contribution >= 0.6 is 23.3 Å². The Bertz CT molecular complexity index is 1110. The second-order valence-corrected chi connectivity index (χ2v) is 7.21. The van der Waals surface area contributed by atoms with Gasteiger partial charge in [-0.25, -0.2) is 14.5 Å². The molecule has 9 heteroatoms. The van der Waals surface area contributed by atoms with Crippen molar-refractivity contribution < 1.29 is 14.6 Å². The lowest BCUT2D eigenvalue weighted by Gasteiger charge is -2.06. The molecule has 0 amide bonds. The number of carboxylic acids is 1. The monoisotopic (exact) mass is 410 g/mol. The topological polar surface area (TPSA) is 103 Å². The molecule has 7 nitrogen and oxygen atoms in total. The molecule has 0 aliphatic carbocycles. The fourth-order valence-electron chi connectivity index (χ4n) is 2.51. The molecule has 2 heterocycles. The molecule has 2 aromatic heterocycles. The van der Waals surface area contributed by atoms with Gasteiger partial charge in [0.25, 0.3) is 0 Å². The van der Waals surface area contributed by atoms with E-state index in [2.05, 4.69) is 10.1 Å². The van der Waals surface area contributed by atoms with Gasteiger partial charge in [-0.3, -0.25) is 5.14 Å². The summed E-state index contributed by atoms with van der Waals surface area (Å²) in [5, 5.41) is 21.2. The van der Waals surface area contributed by atoms with Crippen LogP contribution in [0.2, 0.25) is 0 Å². The number of carbonyl (C=O) groups is 1. The average Bonchev–Trinajstić information content (AvgIpc) is 3.37. The molecule has 0 fully saturated rings. The summed E-state index contributed by atoms with van der Waals surface area (Å²) in [5.41, 5.74) is 1.49. The Hall–Kier alpha value is -3.14. The Labute approximate surface area is 168 Å². The van der Waals surface area contributed by atoms with Crippen LogP contribution in [0.1, 0.15) is 10.5 Å². The third-order valence-corrected chi connectivity index (χ3v) is 5.20. The molecule has 4 aromatic rings. The van der Waals surface area contributed by atoms with Crippen LogP contribution in [-0.2, 0) is 0 Å². The zero-order valence-corrected chi connectivity index (χ0v) is 16.0. The van der Waals surface area contributed by atoms with Crippen molar-refractivity contribution in [3.63, 3.8) is 0 Å². The van der Waals surface area contributed by atoms with Gasteiger partial charge in [0.05, 0.1) is 6.20 Å². The van der Waals surface area contributed by atoms with Gasteiger partial charge >= 0.3 is 5.97 Å². The minimum atomic E-state index is -1.08. The molecule has 0 aliphatic heterocycles. The van der Waals surface area contributed by atoms with Crippen molar-refractivity contribution in [2.75, 3.05) is 0 Å². The van der Waals surface area contributed by atoms with E-state index in [-0.39, 0.29) is 5.69 Å². The number of benzene rings is 2. The lowest BCUT2D eigenvalue weighted by Crippen LogP contribution is -1.99. The molecule has 0 spiro atoms. The Balaban J connectivity index is 1.74. The molecule has 28 heavy (non-hydrogen) atoms. The van der Waals surface area contributed by atoms with Crippen LogP contribution in [-0.4, -0.2) is 25.8 Å². The van der Waals surface area contributed by atoms with E-state index in [0.717, 1.165) is 22.4 Å². The number of aromatic nitrogens is 3. The van der Waals surface area contributed by atoms with Crippen LogP contribution < -0.4 is 9.88 Å². The molecule has 0 aliphatic rings. The molecule has 0 bridgehead atoms. The second kappa shape index (κ2) is 7.85. The Morgan fingerprint density at radius 3 is 2.54 bits per heavy atom. The summed E-state index contributed by atoms with van der Waals surface area (Å²) >= 11 is 2.36.